The lowest BCUT2D eigenvalue weighted by Crippen LogP contribution is -2.04. The van der Waals surface area contributed by atoms with E-state index in [-0.39, 0.29) is 6.79 Å². The lowest BCUT2D eigenvalue weighted by atomic mass is 10.0. The van der Waals surface area contributed by atoms with Crippen LogP contribution in [0.2, 0.25) is 0 Å². The number of aromatic nitrogens is 1. The van der Waals surface area contributed by atoms with Crippen molar-refractivity contribution in [1.82, 2.24) is 4.98 Å². The van der Waals surface area contributed by atoms with Gasteiger partial charge in [0.15, 0.2) is 11.5 Å². The van der Waals surface area contributed by atoms with E-state index in [1.165, 1.54) is 13.3 Å². The number of pyridine rings is 1. The van der Waals surface area contributed by atoms with Crippen LogP contribution >= 0.6 is 0 Å². The van der Waals surface area contributed by atoms with Crippen molar-refractivity contribution in [2.24, 2.45) is 0 Å². The first-order valence-corrected chi connectivity index (χ1v) is 6.05. The molecular formula is C14H14N2O4. The third-order valence-corrected chi connectivity index (χ3v) is 3.18. The van der Waals surface area contributed by atoms with Crippen molar-refractivity contribution in [3.63, 3.8) is 0 Å². The summed E-state index contributed by atoms with van der Waals surface area (Å²) in [6, 6.07) is 5.05. The highest BCUT2D eigenvalue weighted by molar-refractivity contribution is 5.57. The molecule has 6 heteroatoms. The Morgan fingerprint density at radius 2 is 2.25 bits per heavy atom. The van der Waals surface area contributed by atoms with Crippen molar-refractivity contribution in [3.8, 4) is 17.2 Å². The van der Waals surface area contributed by atoms with Crippen molar-refractivity contribution < 1.29 is 19.3 Å². The molecule has 20 heavy (non-hydrogen) atoms. The fourth-order valence-electron chi connectivity index (χ4n) is 2.13. The Balaban J connectivity index is 2.04. The summed E-state index contributed by atoms with van der Waals surface area (Å²) >= 11 is 0. The topological polar surface area (TPSA) is 86.8 Å². The van der Waals surface area contributed by atoms with Crippen LogP contribution in [0.1, 0.15) is 17.2 Å². The summed E-state index contributed by atoms with van der Waals surface area (Å²) in [6.45, 7) is 0.139. The van der Waals surface area contributed by atoms with E-state index in [0.29, 0.717) is 34.1 Å². The molecule has 1 aromatic heterocycles. The minimum Gasteiger partial charge on any atom is -0.493 e. The van der Waals surface area contributed by atoms with Gasteiger partial charge in [0.25, 0.3) is 0 Å². The van der Waals surface area contributed by atoms with E-state index in [9.17, 15) is 5.11 Å². The quantitative estimate of drug-likeness (QED) is 0.881. The largest absolute Gasteiger partial charge is 0.493 e. The molecule has 6 nitrogen and oxygen atoms in total. The molecule has 0 saturated carbocycles. The molecule has 1 unspecified atom stereocenters. The summed E-state index contributed by atoms with van der Waals surface area (Å²) in [5.74, 6) is 1.60. The molecule has 0 bridgehead atoms. The zero-order valence-corrected chi connectivity index (χ0v) is 10.9. The number of aliphatic hydroxyl groups is 1. The van der Waals surface area contributed by atoms with Gasteiger partial charge in [-0.15, -0.1) is 0 Å². The van der Waals surface area contributed by atoms with Gasteiger partial charge in [-0.25, -0.2) is 0 Å². The molecule has 1 atom stereocenters. The molecule has 1 aliphatic heterocycles. The number of anilines is 1. The zero-order chi connectivity index (χ0) is 14.1. The van der Waals surface area contributed by atoms with E-state index in [0.717, 1.165) is 0 Å². The van der Waals surface area contributed by atoms with Gasteiger partial charge in [0, 0.05) is 23.6 Å². The van der Waals surface area contributed by atoms with Crippen LogP contribution in [0.25, 0.3) is 0 Å². The third-order valence-electron chi connectivity index (χ3n) is 3.18. The van der Waals surface area contributed by atoms with Crippen LogP contribution in [0.15, 0.2) is 30.6 Å². The summed E-state index contributed by atoms with van der Waals surface area (Å²) in [5.41, 5.74) is 7.47. The predicted molar refractivity (Wildman–Crippen MR) is 71.8 cm³/mol. The number of rotatable bonds is 3. The molecule has 0 fully saturated rings. The Morgan fingerprint density at radius 3 is 3.00 bits per heavy atom. The van der Waals surface area contributed by atoms with Gasteiger partial charge in [-0.3, -0.25) is 4.98 Å². The molecule has 3 N–H and O–H groups in total. The first kappa shape index (κ1) is 12.6. The highest BCUT2D eigenvalue weighted by Crippen LogP contribution is 2.44. The molecule has 0 spiro atoms. The minimum atomic E-state index is -0.910. The van der Waals surface area contributed by atoms with Crippen molar-refractivity contribution >= 4 is 5.69 Å². The second kappa shape index (κ2) is 4.90. The van der Waals surface area contributed by atoms with Crippen LogP contribution in [0.4, 0.5) is 5.69 Å². The number of nitrogen functional groups attached to an aromatic ring is 1. The molecule has 2 aromatic rings. The highest BCUT2D eigenvalue weighted by Gasteiger charge is 2.23. The van der Waals surface area contributed by atoms with Crippen LogP contribution in [0, 0.1) is 0 Å². The normalized spacial score (nSPS) is 14.1. The lowest BCUT2D eigenvalue weighted by molar-refractivity contribution is 0.171. The standard InChI is InChI=1S/C14H14N2O4/c1-18-11-4-8(5-12-14(11)20-7-19-12)13(17)9-6-16-3-2-10(9)15/h2-6,13,17H,7H2,1H3,(H2,15,16). The number of hydrogen-bond acceptors (Lipinski definition) is 6. The SMILES string of the molecule is COc1cc(C(O)c2cnccc2N)cc2c1OCO2. The van der Waals surface area contributed by atoms with Gasteiger partial charge in [0.1, 0.15) is 6.10 Å². The number of methoxy groups -OCH3 is 1. The van der Waals surface area contributed by atoms with Crippen molar-refractivity contribution in [2.75, 3.05) is 19.6 Å². The van der Waals surface area contributed by atoms with Gasteiger partial charge in [-0.1, -0.05) is 0 Å². The van der Waals surface area contributed by atoms with Crippen molar-refractivity contribution in [2.45, 2.75) is 6.10 Å². The maximum Gasteiger partial charge on any atom is 0.231 e. The first-order chi connectivity index (χ1) is 9.70. The van der Waals surface area contributed by atoms with Crippen LogP contribution in [-0.4, -0.2) is 24.0 Å². The number of ether oxygens (including phenoxy) is 3. The van der Waals surface area contributed by atoms with Crippen LogP contribution in [0.3, 0.4) is 0 Å². The Bertz CT molecular complexity index is 645. The third kappa shape index (κ3) is 2.00. The lowest BCUT2D eigenvalue weighted by Gasteiger charge is -2.15. The highest BCUT2D eigenvalue weighted by atomic mass is 16.7. The summed E-state index contributed by atoms with van der Waals surface area (Å²) in [6.07, 6.45) is 2.20. The smallest absolute Gasteiger partial charge is 0.231 e. The second-order valence-electron chi connectivity index (χ2n) is 4.36. The van der Waals surface area contributed by atoms with Gasteiger partial charge in [0.05, 0.1) is 7.11 Å². The average Bonchev–Trinajstić information content (AvgIpc) is 2.94. The fraction of sp³-hybridized carbons (Fsp3) is 0.214. The predicted octanol–water partition coefficient (Wildman–Crippen LogP) is 1.48. The molecule has 2 heterocycles. The van der Waals surface area contributed by atoms with Gasteiger partial charge >= 0.3 is 0 Å². The molecule has 0 amide bonds. The molecule has 0 saturated heterocycles. The van der Waals surface area contributed by atoms with Gasteiger partial charge in [0.2, 0.25) is 12.5 Å². The molecular weight excluding hydrogens is 260 g/mol. The molecule has 0 radical (unpaired) electrons. The molecule has 1 aromatic carbocycles. The summed E-state index contributed by atoms with van der Waals surface area (Å²) in [4.78, 5) is 3.98. The summed E-state index contributed by atoms with van der Waals surface area (Å²) in [7, 11) is 1.53. The molecule has 1 aliphatic rings. The Labute approximate surface area is 115 Å². The minimum absolute atomic E-state index is 0.139. The number of hydrogen-bond donors (Lipinski definition) is 2. The van der Waals surface area contributed by atoms with E-state index < -0.39 is 6.10 Å². The van der Waals surface area contributed by atoms with E-state index in [1.807, 2.05) is 0 Å². The van der Waals surface area contributed by atoms with Crippen molar-refractivity contribution in [3.05, 3.63) is 41.7 Å². The van der Waals surface area contributed by atoms with E-state index in [1.54, 1.807) is 24.4 Å². The Kier molecular flexibility index (Phi) is 3.08. The monoisotopic (exact) mass is 274 g/mol. The number of benzene rings is 1. The van der Waals surface area contributed by atoms with E-state index in [2.05, 4.69) is 4.98 Å². The summed E-state index contributed by atoms with van der Waals surface area (Å²) < 4.78 is 15.9. The molecule has 0 aliphatic carbocycles. The Hall–Kier alpha value is -2.47. The van der Waals surface area contributed by atoms with Gasteiger partial charge in [-0.05, 0) is 23.8 Å². The van der Waals surface area contributed by atoms with Gasteiger partial charge in [-0.2, -0.15) is 0 Å². The number of fused-ring (bicyclic) bond motifs is 1. The van der Waals surface area contributed by atoms with Gasteiger partial charge < -0.3 is 25.1 Å². The fourth-order valence-corrected chi connectivity index (χ4v) is 2.13. The number of aliphatic hydroxyl groups excluding tert-OH is 1. The number of nitrogens with zero attached hydrogens (tertiary/aromatic N) is 1. The maximum atomic E-state index is 10.5. The molecule has 3 rings (SSSR count). The summed E-state index contributed by atoms with van der Waals surface area (Å²) in [5, 5.41) is 10.5. The van der Waals surface area contributed by atoms with Crippen LogP contribution in [0.5, 0.6) is 17.2 Å². The van der Waals surface area contributed by atoms with E-state index >= 15 is 0 Å². The van der Waals surface area contributed by atoms with Crippen molar-refractivity contribution in [1.29, 1.82) is 0 Å². The molecule has 104 valence electrons. The zero-order valence-electron chi connectivity index (χ0n) is 10.9. The first-order valence-electron chi connectivity index (χ1n) is 6.05. The Morgan fingerprint density at radius 1 is 1.40 bits per heavy atom. The van der Waals surface area contributed by atoms with Crippen LogP contribution < -0.4 is 19.9 Å². The average molecular weight is 274 g/mol. The maximum absolute atomic E-state index is 10.5. The van der Waals surface area contributed by atoms with E-state index in [4.69, 9.17) is 19.9 Å². The number of nitrogens with two attached hydrogens (primary N) is 1. The van der Waals surface area contributed by atoms with Crippen LogP contribution in [-0.2, 0) is 0 Å². The second-order valence-corrected chi connectivity index (χ2v) is 4.36.